The minimum Gasteiger partial charge on any atom is -0.385 e. The Balaban J connectivity index is 2.45. The fraction of sp³-hybridized carbons (Fsp3) is 0.571. The summed E-state index contributed by atoms with van der Waals surface area (Å²) < 4.78 is 4.74. The van der Waals surface area contributed by atoms with Crippen molar-refractivity contribution in [2.75, 3.05) is 20.3 Å². The summed E-state index contributed by atoms with van der Waals surface area (Å²) >= 11 is 0. The molecule has 0 aromatic carbocycles. The number of rotatable bonds is 4. The van der Waals surface area contributed by atoms with Gasteiger partial charge in [-0.15, -0.1) is 0 Å². The highest BCUT2D eigenvalue weighted by atomic mass is 16.5. The van der Waals surface area contributed by atoms with Gasteiger partial charge in [-0.05, 0) is 6.42 Å². The molecule has 0 spiro atoms. The number of methoxy groups -OCH3 is 1. The van der Waals surface area contributed by atoms with Gasteiger partial charge in [0.05, 0.1) is 0 Å². The van der Waals surface area contributed by atoms with Gasteiger partial charge in [0.15, 0.2) is 0 Å². The van der Waals surface area contributed by atoms with Crippen molar-refractivity contribution in [3.63, 3.8) is 0 Å². The molecule has 6 heteroatoms. The van der Waals surface area contributed by atoms with E-state index in [2.05, 4.69) is 0 Å². The molecular formula is C7H10N2O4. The Kier molecular flexibility index (Phi) is 2.97. The number of carbonyl (C=O) groups excluding carboxylic acids is 3. The van der Waals surface area contributed by atoms with Crippen LogP contribution in [0.3, 0.4) is 0 Å². The fourth-order valence-corrected chi connectivity index (χ4v) is 1.00. The molecule has 0 unspecified atom stereocenters. The van der Waals surface area contributed by atoms with Crippen molar-refractivity contribution in [2.45, 2.75) is 6.42 Å². The van der Waals surface area contributed by atoms with Crippen LogP contribution in [-0.4, -0.2) is 43.0 Å². The fourth-order valence-electron chi connectivity index (χ4n) is 1.00. The third-order valence-electron chi connectivity index (χ3n) is 1.64. The van der Waals surface area contributed by atoms with Crippen molar-refractivity contribution >= 4 is 17.8 Å². The van der Waals surface area contributed by atoms with Crippen molar-refractivity contribution in [3.8, 4) is 0 Å². The van der Waals surface area contributed by atoms with Crippen LogP contribution in [0.25, 0.3) is 0 Å². The van der Waals surface area contributed by atoms with E-state index in [1.165, 1.54) is 7.11 Å². The molecule has 0 aromatic heterocycles. The molecule has 6 nitrogen and oxygen atoms in total. The highest BCUT2D eigenvalue weighted by molar-refractivity contribution is 6.44. The second kappa shape index (κ2) is 3.99. The standard InChI is InChI=1S/C7H10N2O4/c1-13-4-2-3-9-6(11)5(10)8-7(9)12/h2-4H2,1H3,(H,8,10,12). The maximum absolute atomic E-state index is 11.0. The van der Waals surface area contributed by atoms with Crippen molar-refractivity contribution in [1.82, 2.24) is 10.2 Å². The molecule has 4 amide bonds. The average Bonchev–Trinajstić information content (AvgIpc) is 2.32. The van der Waals surface area contributed by atoms with E-state index in [4.69, 9.17) is 4.74 Å². The minimum absolute atomic E-state index is 0.213. The number of hydrogen-bond donors (Lipinski definition) is 1. The quantitative estimate of drug-likeness (QED) is 0.351. The Bertz CT molecular complexity index is 251. The smallest absolute Gasteiger partial charge is 0.331 e. The summed E-state index contributed by atoms with van der Waals surface area (Å²) in [5.41, 5.74) is 0. The number of amides is 4. The Morgan fingerprint density at radius 3 is 2.54 bits per heavy atom. The molecule has 1 fully saturated rings. The zero-order valence-corrected chi connectivity index (χ0v) is 7.20. The Hall–Kier alpha value is -1.43. The van der Waals surface area contributed by atoms with Gasteiger partial charge < -0.3 is 4.74 Å². The second-order valence-electron chi connectivity index (χ2n) is 2.56. The van der Waals surface area contributed by atoms with Crippen LogP contribution in [0.15, 0.2) is 0 Å². The molecular weight excluding hydrogens is 176 g/mol. The number of urea groups is 1. The van der Waals surface area contributed by atoms with E-state index in [1.54, 1.807) is 0 Å². The van der Waals surface area contributed by atoms with E-state index in [0.717, 1.165) is 4.90 Å². The molecule has 72 valence electrons. The van der Waals surface area contributed by atoms with Crippen LogP contribution in [0, 0.1) is 0 Å². The monoisotopic (exact) mass is 186 g/mol. The Labute approximate surface area is 74.8 Å². The molecule has 1 aliphatic heterocycles. The number of hydrogen-bond acceptors (Lipinski definition) is 4. The van der Waals surface area contributed by atoms with Crippen LogP contribution in [0.1, 0.15) is 6.42 Å². The van der Waals surface area contributed by atoms with Gasteiger partial charge in [-0.3, -0.25) is 19.8 Å². The summed E-state index contributed by atoms with van der Waals surface area (Å²) in [6.07, 6.45) is 0.531. The lowest BCUT2D eigenvalue weighted by Crippen LogP contribution is -2.32. The first kappa shape index (κ1) is 9.66. The van der Waals surface area contributed by atoms with Crippen molar-refractivity contribution in [2.24, 2.45) is 0 Å². The molecule has 0 aliphatic carbocycles. The van der Waals surface area contributed by atoms with Crippen molar-refractivity contribution in [3.05, 3.63) is 0 Å². The highest BCUT2D eigenvalue weighted by Gasteiger charge is 2.35. The number of carbonyl (C=O) groups is 3. The van der Waals surface area contributed by atoms with Gasteiger partial charge in [0.25, 0.3) is 0 Å². The number of imide groups is 2. The molecule has 0 bridgehead atoms. The first-order valence-corrected chi connectivity index (χ1v) is 3.82. The zero-order valence-electron chi connectivity index (χ0n) is 7.20. The van der Waals surface area contributed by atoms with Crippen LogP contribution in [0.5, 0.6) is 0 Å². The molecule has 1 rings (SSSR count). The molecule has 0 atom stereocenters. The van der Waals surface area contributed by atoms with E-state index in [1.807, 2.05) is 5.32 Å². The minimum atomic E-state index is -0.859. The second-order valence-corrected chi connectivity index (χ2v) is 2.56. The van der Waals surface area contributed by atoms with Gasteiger partial charge >= 0.3 is 17.8 Å². The summed E-state index contributed by atoms with van der Waals surface area (Å²) in [6.45, 7) is 0.662. The van der Waals surface area contributed by atoms with E-state index in [-0.39, 0.29) is 6.54 Å². The number of ether oxygens (including phenoxy) is 1. The predicted molar refractivity (Wildman–Crippen MR) is 41.7 cm³/mol. The van der Waals surface area contributed by atoms with Crippen molar-refractivity contribution in [1.29, 1.82) is 0 Å². The van der Waals surface area contributed by atoms with Gasteiger partial charge in [0.2, 0.25) is 0 Å². The Morgan fingerprint density at radius 1 is 1.38 bits per heavy atom. The lowest BCUT2D eigenvalue weighted by molar-refractivity contribution is -0.140. The SMILES string of the molecule is COCCCN1C(=O)NC(=O)C1=O. The van der Waals surface area contributed by atoms with Gasteiger partial charge in [-0.25, -0.2) is 4.79 Å². The molecule has 0 saturated carbocycles. The largest absolute Gasteiger partial charge is 0.385 e. The highest BCUT2D eigenvalue weighted by Crippen LogP contribution is 2.01. The van der Waals surface area contributed by atoms with Gasteiger partial charge in [-0.2, -0.15) is 0 Å². The third-order valence-corrected chi connectivity index (χ3v) is 1.64. The molecule has 0 aromatic rings. The third kappa shape index (κ3) is 2.03. The topological polar surface area (TPSA) is 75.7 Å². The predicted octanol–water partition coefficient (Wildman–Crippen LogP) is -0.899. The summed E-state index contributed by atoms with van der Waals surface area (Å²) in [4.78, 5) is 33.4. The molecule has 13 heavy (non-hydrogen) atoms. The lowest BCUT2D eigenvalue weighted by Gasteiger charge is -2.09. The first-order valence-electron chi connectivity index (χ1n) is 3.82. The van der Waals surface area contributed by atoms with Gasteiger partial charge in [-0.1, -0.05) is 0 Å². The number of nitrogens with zero attached hydrogens (tertiary/aromatic N) is 1. The lowest BCUT2D eigenvalue weighted by atomic mass is 10.4. The van der Waals surface area contributed by atoms with E-state index >= 15 is 0 Å². The first-order chi connectivity index (χ1) is 6.16. The summed E-state index contributed by atoms with van der Waals surface area (Å²) in [7, 11) is 1.52. The maximum atomic E-state index is 11.0. The summed E-state index contributed by atoms with van der Waals surface area (Å²) in [5.74, 6) is -1.65. The van der Waals surface area contributed by atoms with E-state index < -0.39 is 17.8 Å². The van der Waals surface area contributed by atoms with E-state index in [9.17, 15) is 14.4 Å². The normalized spacial score (nSPS) is 16.7. The zero-order chi connectivity index (χ0) is 9.84. The summed E-state index contributed by atoms with van der Waals surface area (Å²) in [5, 5.41) is 1.90. The van der Waals surface area contributed by atoms with Crippen molar-refractivity contribution < 1.29 is 19.1 Å². The van der Waals surface area contributed by atoms with Crippen LogP contribution in [0.2, 0.25) is 0 Å². The van der Waals surface area contributed by atoms with Crippen LogP contribution < -0.4 is 5.32 Å². The molecule has 1 N–H and O–H groups in total. The van der Waals surface area contributed by atoms with E-state index in [0.29, 0.717) is 13.0 Å². The van der Waals surface area contributed by atoms with Crippen LogP contribution >= 0.6 is 0 Å². The van der Waals surface area contributed by atoms with Gasteiger partial charge in [0.1, 0.15) is 0 Å². The van der Waals surface area contributed by atoms with Crippen LogP contribution in [0.4, 0.5) is 4.79 Å². The molecule has 1 aliphatic rings. The molecule has 1 saturated heterocycles. The summed E-state index contributed by atoms with van der Waals surface area (Å²) in [6, 6.07) is -0.647. The number of nitrogens with one attached hydrogen (secondary N) is 1. The molecule has 1 heterocycles. The molecule has 0 radical (unpaired) electrons. The van der Waals surface area contributed by atoms with Crippen LogP contribution in [-0.2, 0) is 14.3 Å². The van der Waals surface area contributed by atoms with Gasteiger partial charge in [0, 0.05) is 20.3 Å². The average molecular weight is 186 g/mol. The maximum Gasteiger partial charge on any atom is 0.331 e. The Morgan fingerprint density at radius 2 is 2.08 bits per heavy atom.